The Hall–Kier alpha value is -3.65. The molecule has 4 rings (SSSR count). The van der Waals surface area contributed by atoms with Crippen LogP contribution in [0.25, 0.3) is 0 Å². The number of benzene rings is 2. The van der Waals surface area contributed by atoms with E-state index in [2.05, 4.69) is 26.1 Å². The monoisotopic (exact) mass is 548 g/mol. The number of para-hydroxylation sites is 1. The molecule has 2 aromatic carbocycles. The fourth-order valence-electron chi connectivity index (χ4n) is 4.88. The minimum absolute atomic E-state index is 0.183. The lowest BCUT2D eigenvalue weighted by atomic mass is 9.72. The van der Waals surface area contributed by atoms with Crippen LogP contribution in [-0.4, -0.2) is 38.9 Å². The summed E-state index contributed by atoms with van der Waals surface area (Å²) in [5.74, 6) is 1.13. The number of esters is 1. The predicted molar refractivity (Wildman–Crippen MR) is 156 cm³/mol. The van der Waals surface area contributed by atoms with Crippen LogP contribution in [0.4, 0.5) is 10.7 Å². The maximum Gasteiger partial charge on any atom is 0.338 e. The summed E-state index contributed by atoms with van der Waals surface area (Å²) in [6.07, 6.45) is 4.51. The van der Waals surface area contributed by atoms with E-state index < -0.39 is 0 Å². The molecule has 1 aliphatic carbocycles. The second-order valence-corrected chi connectivity index (χ2v) is 11.7. The number of ether oxygens (including phenoxy) is 3. The third-order valence-corrected chi connectivity index (χ3v) is 8.27. The Morgan fingerprint density at radius 2 is 1.85 bits per heavy atom. The summed E-state index contributed by atoms with van der Waals surface area (Å²) in [7, 11) is 3.19. The lowest BCUT2D eigenvalue weighted by molar-refractivity contribution is 0.0526. The first-order valence-corrected chi connectivity index (χ1v) is 14.0. The van der Waals surface area contributed by atoms with Crippen molar-refractivity contribution in [2.45, 2.75) is 47.0 Å². The van der Waals surface area contributed by atoms with Crippen molar-refractivity contribution in [3.8, 4) is 11.5 Å². The van der Waals surface area contributed by atoms with Crippen LogP contribution in [0.15, 0.2) is 47.5 Å². The van der Waals surface area contributed by atoms with Crippen LogP contribution in [0, 0.1) is 11.3 Å². The highest BCUT2D eigenvalue weighted by molar-refractivity contribution is 7.16. The first-order valence-electron chi connectivity index (χ1n) is 13.1. The minimum Gasteiger partial charge on any atom is -0.493 e. The van der Waals surface area contributed by atoms with Crippen molar-refractivity contribution in [1.82, 2.24) is 0 Å². The number of fused-ring (bicyclic) bond motifs is 1. The smallest absolute Gasteiger partial charge is 0.338 e. The van der Waals surface area contributed by atoms with E-state index in [1.807, 2.05) is 18.2 Å². The van der Waals surface area contributed by atoms with Gasteiger partial charge in [0.05, 0.1) is 32.0 Å². The number of nitrogens with one attached hydrogen (secondary N) is 1. The number of thiophene rings is 1. The number of carbonyl (C=O) groups excluding carboxylic acids is 2. The van der Waals surface area contributed by atoms with Crippen LogP contribution in [-0.2, 0) is 17.6 Å². The zero-order chi connectivity index (χ0) is 28.2. The molecule has 1 aliphatic rings. The van der Waals surface area contributed by atoms with Gasteiger partial charge in [0.2, 0.25) is 0 Å². The number of amides is 1. The highest BCUT2D eigenvalue weighted by Gasteiger charge is 2.33. The van der Waals surface area contributed by atoms with Gasteiger partial charge in [-0.05, 0) is 79.5 Å². The van der Waals surface area contributed by atoms with Crippen LogP contribution in [0.1, 0.15) is 70.8 Å². The second kappa shape index (κ2) is 12.0. The van der Waals surface area contributed by atoms with Gasteiger partial charge in [-0.2, -0.15) is 0 Å². The summed E-state index contributed by atoms with van der Waals surface area (Å²) in [5, 5.41) is 3.68. The molecule has 3 aromatic rings. The first kappa shape index (κ1) is 28.4. The molecule has 1 aromatic heterocycles. The number of methoxy groups -OCH3 is 2. The molecule has 7 nitrogen and oxygen atoms in total. The van der Waals surface area contributed by atoms with E-state index in [0.29, 0.717) is 45.8 Å². The molecule has 0 saturated heterocycles. The van der Waals surface area contributed by atoms with Gasteiger partial charge < -0.3 is 19.5 Å². The van der Waals surface area contributed by atoms with E-state index in [1.54, 1.807) is 63.0 Å². The Labute approximate surface area is 234 Å². The maximum atomic E-state index is 13.7. The highest BCUT2D eigenvalue weighted by atomic mass is 32.1. The maximum absolute atomic E-state index is 13.7. The number of nitrogens with zero attached hydrogens (tertiary/aromatic N) is 1. The molecule has 0 aliphatic heterocycles. The Morgan fingerprint density at radius 1 is 1.10 bits per heavy atom. The largest absolute Gasteiger partial charge is 0.493 e. The first-order chi connectivity index (χ1) is 18.7. The Morgan fingerprint density at radius 3 is 2.49 bits per heavy atom. The van der Waals surface area contributed by atoms with Crippen molar-refractivity contribution in [2.75, 3.05) is 26.1 Å². The van der Waals surface area contributed by atoms with Crippen molar-refractivity contribution in [3.05, 3.63) is 69.6 Å². The van der Waals surface area contributed by atoms with Gasteiger partial charge in [0.15, 0.2) is 11.5 Å². The van der Waals surface area contributed by atoms with E-state index >= 15 is 0 Å². The summed E-state index contributed by atoms with van der Waals surface area (Å²) in [5.41, 5.74) is 3.66. The SMILES string of the molecule is CCOC(=O)c1ccc(NC(=O)c2c(/N=C/c3cccc(OC)c3OC)sc3c2CCC(C(C)(C)C)C3)cc1. The second-order valence-electron chi connectivity index (χ2n) is 10.6. The fraction of sp³-hybridized carbons (Fsp3) is 0.387. The average Bonchev–Trinajstić information content (AvgIpc) is 3.29. The van der Waals surface area contributed by atoms with Gasteiger partial charge in [0.1, 0.15) is 5.00 Å². The molecule has 0 saturated carbocycles. The molecule has 0 bridgehead atoms. The van der Waals surface area contributed by atoms with Gasteiger partial charge in [0, 0.05) is 22.3 Å². The van der Waals surface area contributed by atoms with Gasteiger partial charge in [-0.3, -0.25) is 4.79 Å². The van der Waals surface area contributed by atoms with Gasteiger partial charge >= 0.3 is 5.97 Å². The molecule has 39 heavy (non-hydrogen) atoms. The van der Waals surface area contributed by atoms with Gasteiger partial charge in [-0.25, -0.2) is 9.79 Å². The van der Waals surface area contributed by atoms with Crippen LogP contribution >= 0.6 is 11.3 Å². The minimum atomic E-state index is -0.389. The van der Waals surface area contributed by atoms with Crippen LogP contribution in [0.5, 0.6) is 11.5 Å². The summed E-state index contributed by atoms with van der Waals surface area (Å²) in [6, 6.07) is 12.3. The Balaban J connectivity index is 1.68. The number of hydrogen-bond acceptors (Lipinski definition) is 7. The third-order valence-electron chi connectivity index (χ3n) is 7.11. The van der Waals surface area contributed by atoms with Crippen molar-refractivity contribution >= 4 is 40.1 Å². The number of carbonyl (C=O) groups is 2. The van der Waals surface area contributed by atoms with Gasteiger partial charge in [-0.15, -0.1) is 11.3 Å². The quantitative estimate of drug-likeness (QED) is 0.240. The van der Waals surface area contributed by atoms with Crippen LogP contribution in [0.3, 0.4) is 0 Å². The standard InChI is InChI=1S/C31H36N2O5S/c1-7-38-30(35)19-11-14-22(15-12-19)33-28(34)26-23-16-13-21(31(2,3)4)17-25(23)39-29(26)32-18-20-9-8-10-24(36-5)27(20)37-6/h8-12,14-15,18,21H,7,13,16-17H2,1-6H3,(H,33,34)/b32-18+. The van der Waals surface area contributed by atoms with Crippen molar-refractivity contribution in [3.63, 3.8) is 0 Å². The Bertz CT molecular complexity index is 1370. The number of rotatable bonds is 8. The lowest BCUT2D eigenvalue weighted by Gasteiger charge is -2.33. The van der Waals surface area contributed by atoms with Crippen LogP contribution in [0.2, 0.25) is 0 Å². The van der Waals surface area contributed by atoms with Gasteiger partial charge in [-0.1, -0.05) is 26.8 Å². The number of aliphatic imine (C=N–C) groups is 1. The lowest BCUT2D eigenvalue weighted by Crippen LogP contribution is -2.27. The molecular weight excluding hydrogens is 512 g/mol. The number of anilines is 1. The predicted octanol–water partition coefficient (Wildman–Crippen LogP) is 7.10. The highest BCUT2D eigenvalue weighted by Crippen LogP contribution is 2.45. The zero-order valence-corrected chi connectivity index (χ0v) is 24.2. The summed E-state index contributed by atoms with van der Waals surface area (Å²) in [6.45, 7) is 8.90. The molecular formula is C31H36N2O5S. The average molecular weight is 549 g/mol. The molecule has 206 valence electrons. The van der Waals surface area contributed by atoms with Crippen molar-refractivity contribution < 1.29 is 23.8 Å². The topological polar surface area (TPSA) is 86.2 Å². The van der Waals surface area contributed by atoms with E-state index in [9.17, 15) is 9.59 Å². The van der Waals surface area contributed by atoms with E-state index in [0.717, 1.165) is 30.4 Å². The molecule has 0 spiro atoms. The normalized spacial score (nSPS) is 15.1. The fourth-order valence-corrected chi connectivity index (χ4v) is 6.14. The summed E-state index contributed by atoms with van der Waals surface area (Å²) >= 11 is 1.58. The summed E-state index contributed by atoms with van der Waals surface area (Å²) < 4.78 is 16.0. The number of hydrogen-bond donors (Lipinski definition) is 1. The molecule has 0 fully saturated rings. The molecule has 1 unspecified atom stereocenters. The van der Waals surface area contributed by atoms with Crippen LogP contribution < -0.4 is 14.8 Å². The zero-order valence-electron chi connectivity index (χ0n) is 23.4. The molecule has 1 N–H and O–H groups in total. The van der Waals surface area contributed by atoms with E-state index in [1.165, 1.54) is 4.88 Å². The molecule has 8 heteroatoms. The molecule has 1 atom stereocenters. The summed E-state index contributed by atoms with van der Waals surface area (Å²) in [4.78, 5) is 31.7. The molecule has 1 amide bonds. The Kier molecular flexibility index (Phi) is 8.75. The van der Waals surface area contributed by atoms with Gasteiger partial charge in [0.25, 0.3) is 5.91 Å². The molecule has 1 heterocycles. The van der Waals surface area contributed by atoms with E-state index in [4.69, 9.17) is 19.2 Å². The third kappa shape index (κ3) is 6.33. The van der Waals surface area contributed by atoms with Crippen molar-refractivity contribution in [1.29, 1.82) is 0 Å². The molecule has 0 radical (unpaired) electrons. The van der Waals surface area contributed by atoms with Crippen molar-refractivity contribution in [2.24, 2.45) is 16.3 Å². The van der Waals surface area contributed by atoms with E-state index in [-0.39, 0.29) is 17.3 Å².